The summed E-state index contributed by atoms with van der Waals surface area (Å²) in [7, 11) is 1.63. The second-order valence-corrected chi connectivity index (χ2v) is 10.0. The number of likely N-dealkylation sites (tertiary alicyclic amines) is 1. The first-order chi connectivity index (χ1) is 16.2. The van der Waals surface area contributed by atoms with Crippen molar-refractivity contribution in [2.75, 3.05) is 52.4 Å². The number of hydrogen-bond acceptors (Lipinski definition) is 7. The largest absolute Gasteiger partial charge is 0.497 e. The molecule has 0 aliphatic carbocycles. The van der Waals surface area contributed by atoms with Crippen LogP contribution in [0.1, 0.15) is 19.8 Å². The Morgan fingerprint density at radius 1 is 0.971 bits per heavy atom. The first kappa shape index (κ1) is 25.5. The molecule has 0 bridgehead atoms. The number of carbonyl (C=O) groups is 1. The van der Waals surface area contributed by atoms with E-state index in [1.165, 1.54) is 46.6 Å². The highest BCUT2D eigenvalue weighted by atomic mass is 32.2. The molecule has 0 radical (unpaired) electrons. The Bertz CT molecular complexity index is 1120. The number of anilines is 1. The second-order valence-electron chi connectivity index (χ2n) is 8.15. The minimum absolute atomic E-state index is 0.0464. The van der Waals surface area contributed by atoms with Crippen molar-refractivity contribution < 1.29 is 32.2 Å². The fraction of sp³-hybridized carbons (Fsp3) is 0.458. The molecule has 1 atom stereocenters. The minimum Gasteiger partial charge on any atom is -0.497 e. The second kappa shape index (κ2) is 10.9. The molecule has 1 aliphatic heterocycles. The van der Waals surface area contributed by atoms with Crippen LogP contribution in [0, 0.1) is 5.92 Å². The van der Waals surface area contributed by atoms with Crippen molar-refractivity contribution in [3.63, 3.8) is 0 Å². The third-order valence-electron chi connectivity index (χ3n) is 5.89. The average molecular weight is 493 g/mol. The van der Waals surface area contributed by atoms with Crippen LogP contribution < -0.4 is 23.3 Å². The Balaban J connectivity index is 2.10. The molecule has 0 aromatic heterocycles. The third-order valence-corrected chi connectivity index (χ3v) is 7.64. The van der Waals surface area contributed by atoms with E-state index in [4.69, 9.17) is 18.9 Å². The number of rotatable bonds is 9. The molecule has 1 aliphatic rings. The number of benzene rings is 2. The normalized spacial score (nSPS) is 16.0. The Morgan fingerprint density at radius 2 is 1.65 bits per heavy atom. The van der Waals surface area contributed by atoms with Gasteiger partial charge in [0.1, 0.15) is 18.0 Å². The summed E-state index contributed by atoms with van der Waals surface area (Å²) in [6.45, 7) is 2.90. The quantitative estimate of drug-likeness (QED) is 0.531. The third kappa shape index (κ3) is 5.32. The van der Waals surface area contributed by atoms with Crippen molar-refractivity contribution in [1.29, 1.82) is 0 Å². The van der Waals surface area contributed by atoms with Crippen molar-refractivity contribution >= 4 is 21.6 Å². The Labute approximate surface area is 201 Å². The smallest absolute Gasteiger partial charge is 0.265 e. The van der Waals surface area contributed by atoms with Crippen LogP contribution in [0.2, 0.25) is 0 Å². The van der Waals surface area contributed by atoms with E-state index in [0.717, 1.165) is 17.1 Å². The predicted octanol–water partition coefficient (Wildman–Crippen LogP) is 3.17. The highest BCUT2D eigenvalue weighted by Crippen LogP contribution is 2.37. The van der Waals surface area contributed by atoms with Gasteiger partial charge in [-0.05, 0) is 43.0 Å². The zero-order valence-electron chi connectivity index (χ0n) is 20.2. The van der Waals surface area contributed by atoms with Crippen LogP contribution in [0.25, 0.3) is 0 Å². The maximum Gasteiger partial charge on any atom is 0.265 e. The molecule has 1 amide bonds. The van der Waals surface area contributed by atoms with Crippen LogP contribution in [0.3, 0.4) is 0 Å². The zero-order chi connectivity index (χ0) is 24.9. The number of amides is 1. The lowest BCUT2D eigenvalue weighted by molar-refractivity contribution is -0.131. The summed E-state index contributed by atoms with van der Waals surface area (Å²) >= 11 is 0. The van der Waals surface area contributed by atoms with Crippen molar-refractivity contribution in [3.05, 3.63) is 36.4 Å². The standard InChI is InChI=1S/C24H32N2O7S/c1-17-7-6-12-25(15-17)24(27)16-26(20-13-18(30-2)8-10-21(20)31-3)34(28,29)19-9-11-22(32-4)23(14-19)33-5/h8-11,13-14,17H,6-7,12,15-16H2,1-5H3/t17-/m1/s1. The van der Waals surface area contributed by atoms with Gasteiger partial charge in [0.25, 0.3) is 10.0 Å². The van der Waals surface area contributed by atoms with Gasteiger partial charge in [-0.1, -0.05) is 6.92 Å². The molecule has 1 heterocycles. The van der Waals surface area contributed by atoms with Gasteiger partial charge in [-0.15, -0.1) is 0 Å². The molecule has 1 saturated heterocycles. The van der Waals surface area contributed by atoms with Crippen LogP contribution >= 0.6 is 0 Å². The Morgan fingerprint density at radius 3 is 2.26 bits per heavy atom. The van der Waals surface area contributed by atoms with Gasteiger partial charge in [-0.2, -0.15) is 0 Å². The van der Waals surface area contributed by atoms with E-state index in [0.29, 0.717) is 36.3 Å². The fourth-order valence-electron chi connectivity index (χ4n) is 4.03. The Kier molecular flexibility index (Phi) is 8.14. The number of carbonyl (C=O) groups excluding carboxylic acids is 1. The fourth-order valence-corrected chi connectivity index (χ4v) is 5.47. The topological polar surface area (TPSA) is 94.6 Å². The van der Waals surface area contributed by atoms with E-state index in [1.807, 2.05) is 0 Å². The van der Waals surface area contributed by atoms with Gasteiger partial charge in [0, 0.05) is 25.2 Å². The lowest BCUT2D eigenvalue weighted by Crippen LogP contribution is -2.46. The molecule has 2 aromatic carbocycles. The highest BCUT2D eigenvalue weighted by Gasteiger charge is 2.33. The number of sulfonamides is 1. The molecule has 1 fully saturated rings. The predicted molar refractivity (Wildman–Crippen MR) is 129 cm³/mol. The molecule has 0 saturated carbocycles. The number of nitrogens with zero attached hydrogens (tertiary/aromatic N) is 2. The molecule has 0 unspecified atom stereocenters. The average Bonchev–Trinajstić information content (AvgIpc) is 2.86. The molecule has 3 rings (SSSR count). The number of piperidine rings is 1. The van der Waals surface area contributed by atoms with E-state index in [-0.39, 0.29) is 28.8 Å². The van der Waals surface area contributed by atoms with Gasteiger partial charge < -0.3 is 23.8 Å². The van der Waals surface area contributed by atoms with Crippen LogP contribution in [0.4, 0.5) is 5.69 Å². The van der Waals surface area contributed by atoms with Gasteiger partial charge in [0.2, 0.25) is 5.91 Å². The van der Waals surface area contributed by atoms with E-state index in [2.05, 4.69) is 6.92 Å². The molecule has 34 heavy (non-hydrogen) atoms. The van der Waals surface area contributed by atoms with Crippen molar-refractivity contribution in [2.45, 2.75) is 24.7 Å². The molecular formula is C24H32N2O7S. The maximum atomic E-state index is 13.9. The van der Waals surface area contributed by atoms with Gasteiger partial charge in [-0.25, -0.2) is 8.42 Å². The summed E-state index contributed by atoms with van der Waals surface area (Å²) in [5.74, 6) is 1.47. The highest BCUT2D eigenvalue weighted by molar-refractivity contribution is 7.92. The number of hydrogen-bond donors (Lipinski definition) is 0. The van der Waals surface area contributed by atoms with Gasteiger partial charge in [0.05, 0.1) is 39.0 Å². The first-order valence-electron chi connectivity index (χ1n) is 11.0. The summed E-state index contributed by atoms with van der Waals surface area (Å²) in [4.78, 5) is 15.0. The van der Waals surface area contributed by atoms with Gasteiger partial charge in [0.15, 0.2) is 11.5 Å². The van der Waals surface area contributed by atoms with Crippen LogP contribution in [0.5, 0.6) is 23.0 Å². The van der Waals surface area contributed by atoms with E-state index in [9.17, 15) is 13.2 Å². The summed E-state index contributed by atoms with van der Waals surface area (Å²) in [6, 6.07) is 9.13. The van der Waals surface area contributed by atoms with Crippen molar-refractivity contribution in [1.82, 2.24) is 4.90 Å². The van der Waals surface area contributed by atoms with Crippen molar-refractivity contribution in [3.8, 4) is 23.0 Å². The van der Waals surface area contributed by atoms with E-state index < -0.39 is 10.0 Å². The van der Waals surface area contributed by atoms with E-state index in [1.54, 1.807) is 23.1 Å². The van der Waals surface area contributed by atoms with Gasteiger partial charge in [-0.3, -0.25) is 9.10 Å². The van der Waals surface area contributed by atoms with Gasteiger partial charge >= 0.3 is 0 Å². The lowest BCUT2D eigenvalue weighted by atomic mass is 10.0. The van der Waals surface area contributed by atoms with Crippen LogP contribution in [-0.2, 0) is 14.8 Å². The molecule has 0 spiro atoms. The molecule has 10 heteroatoms. The summed E-state index contributed by atoms with van der Waals surface area (Å²) in [5.41, 5.74) is 0.204. The Hall–Kier alpha value is -3.14. The molecular weight excluding hydrogens is 460 g/mol. The number of methoxy groups -OCH3 is 4. The minimum atomic E-state index is -4.20. The molecule has 9 nitrogen and oxygen atoms in total. The lowest BCUT2D eigenvalue weighted by Gasteiger charge is -2.33. The first-order valence-corrected chi connectivity index (χ1v) is 12.4. The molecule has 0 N–H and O–H groups in total. The van der Waals surface area contributed by atoms with Crippen LogP contribution in [0.15, 0.2) is 41.3 Å². The molecule has 2 aromatic rings. The van der Waals surface area contributed by atoms with Crippen molar-refractivity contribution in [2.24, 2.45) is 5.92 Å². The molecule has 186 valence electrons. The SMILES string of the molecule is COc1ccc(OC)c(N(CC(=O)N2CCC[C@@H](C)C2)S(=O)(=O)c2ccc(OC)c(OC)c2)c1. The summed E-state index contributed by atoms with van der Waals surface area (Å²) in [6.07, 6.45) is 1.93. The summed E-state index contributed by atoms with van der Waals surface area (Å²) in [5, 5.41) is 0. The van der Waals surface area contributed by atoms with E-state index >= 15 is 0 Å². The monoisotopic (exact) mass is 492 g/mol. The number of ether oxygens (including phenoxy) is 4. The van der Waals surface area contributed by atoms with Crippen LogP contribution in [-0.4, -0.2) is 67.3 Å². The maximum absolute atomic E-state index is 13.9. The zero-order valence-corrected chi connectivity index (χ0v) is 21.1. The summed E-state index contributed by atoms with van der Waals surface area (Å²) < 4.78 is 50.2.